The highest BCUT2D eigenvalue weighted by Gasteiger charge is 2.13. The molecule has 0 aliphatic heterocycles. The highest BCUT2D eigenvalue weighted by atomic mass is 32.1. The molecule has 3 aromatic rings. The number of hydrogen-bond donors (Lipinski definition) is 2. The fraction of sp³-hybridized carbons (Fsp3) is 0.588. The lowest BCUT2D eigenvalue weighted by Crippen LogP contribution is -2.46. The molecule has 0 aliphatic carbocycles. The Hall–Kier alpha value is -2.18. The number of aromatic nitrogens is 2. The van der Waals surface area contributed by atoms with Gasteiger partial charge in [0, 0.05) is 19.5 Å². The van der Waals surface area contributed by atoms with E-state index < -0.39 is 0 Å². The van der Waals surface area contributed by atoms with Crippen LogP contribution in [0.3, 0.4) is 0 Å². The number of aromatic amines is 2. The van der Waals surface area contributed by atoms with Gasteiger partial charge in [0.1, 0.15) is 10.7 Å². The molecule has 0 amide bonds. The van der Waals surface area contributed by atoms with Gasteiger partial charge in [-0.05, 0) is 73.9 Å². The monoisotopic (exact) mass is 582 g/mol. The molecule has 0 fully saturated rings. The first-order chi connectivity index (χ1) is 19.5. The minimum absolute atomic E-state index is 0.265. The summed E-state index contributed by atoms with van der Waals surface area (Å²) in [5.74, 6) is 1.12. The average Bonchev–Trinajstić information content (AvgIpc) is 3.61. The van der Waals surface area contributed by atoms with Gasteiger partial charge < -0.3 is 9.97 Å². The molecular weight excluding hydrogens is 533 g/mol. The highest BCUT2D eigenvalue weighted by Crippen LogP contribution is 2.33. The number of nitrogens with one attached hydrogen (secondary N) is 2. The number of rotatable bonds is 18. The largest absolute Gasteiger partial charge is 0.316 e. The Balaban J connectivity index is 1.71. The van der Waals surface area contributed by atoms with Gasteiger partial charge in [-0.2, -0.15) is 0 Å². The SMILES string of the molecule is CCCCCCCC(CC)c1ccc(/C=c2\[nH]c(=O)/c(=C/c3ccc(C(CC)CCCCCCC)s3)[nH]c2=O)s1. The van der Waals surface area contributed by atoms with Gasteiger partial charge in [-0.15, -0.1) is 22.7 Å². The molecule has 0 saturated carbocycles. The predicted molar refractivity (Wildman–Crippen MR) is 176 cm³/mol. The molecule has 3 rings (SSSR count). The fourth-order valence-corrected chi connectivity index (χ4v) is 7.74. The molecule has 40 heavy (non-hydrogen) atoms. The Bertz CT molecular complexity index is 1270. The summed E-state index contributed by atoms with van der Waals surface area (Å²) in [5.41, 5.74) is -0.530. The van der Waals surface area contributed by atoms with Gasteiger partial charge in [0.25, 0.3) is 11.1 Å². The second-order valence-corrected chi connectivity index (χ2v) is 13.4. The maximum Gasteiger partial charge on any atom is 0.272 e. The van der Waals surface area contributed by atoms with E-state index in [1.807, 2.05) is 12.2 Å². The summed E-state index contributed by atoms with van der Waals surface area (Å²) in [5, 5.41) is 0.619. The fourth-order valence-electron chi connectivity index (χ4n) is 5.40. The van der Waals surface area contributed by atoms with E-state index >= 15 is 0 Å². The molecule has 220 valence electrons. The van der Waals surface area contributed by atoms with Crippen LogP contribution < -0.4 is 21.8 Å². The third-order valence-electron chi connectivity index (χ3n) is 7.96. The molecule has 0 saturated heterocycles. The van der Waals surface area contributed by atoms with Crippen LogP contribution in [0.2, 0.25) is 0 Å². The maximum absolute atomic E-state index is 12.9. The van der Waals surface area contributed by atoms with E-state index in [2.05, 4.69) is 61.9 Å². The summed E-state index contributed by atoms with van der Waals surface area (Å²) < 4.78 is 0. The first-order valence-corrected chi connectivity index (χ1v) is 17.4. The molecule has 3 heterocycles. The molecular formula is C34H50N2O2S2. The van der Waals surface area contributed by atoms with Gasteiger partial charge in [0.05, 0.1) is 0 Å². The summed E-state index contributed by atoms with van der Waals surface area (Å²) in [6.07, 6.45) is 21.3. The lowest BCUT2D eigenvalue weighted by molar-refractivity contribution is 0.540. The molecule has 2 N–H and O–H groups in total. The summed E-state index contributed by atoms with van der Waals surface area (Å²) >= 11 is 3.46. The molecule has 2 atom stereocenters. The maximum atomic E-state index is 12.9. The lowest BCUT2D eigenvalue weighted by Gasteiger charge is -2.12. The van der Waals surface area contributed by atoms with Crippen molar-refractivity contribution in [2.24, 2.45) is 0 Å². The Morgan fingerprint density at radius 2 is 1.00 bits per heavy atom. The predicted octanol–water partition coefficient (Wildman–Crippen LogP) is 8.55. The second kappa shape index (κ2) is 17.6. The van der Waals surface area contributed by atoms with Crippen molar-refractivity contribution < 1.29 is 0 Å². The Kier molecular flexibility index (Phi) is 14.2. The van der Waals surface area contributed by atoms with Gasteiger partial charge in [-0.25, -0.2) is 0 Å². The minimum atomic E-state index is -0.265. The van der Waals surface area contributed by atoms with Crippen LogP contribution in [0.1, 0.15) is 149 Å². The molecule has 0 radical (unpaired) electrons. The molecule has 6 heteroatoms. The third-order valence-corrected chi connectivity index (χ3v) is 10.3. The van der Waals surface area contributed by atoms with Gasteiger partial charge in [-0.1, -0.05) is 91.9 Å². The van der Waals surface area contributed by atoms with Crippen molar-refractivity contribution in [2.45, 2.75) is 129 Å². The zero-order chi connectivity index (χ0) is 28.7. The molecule has 4 nitrogen and oxygen atoms in total. The standard InChI is InChI=1S/C34H50N2O2S2/c1-5-9-11-13-15-17-25(7-3)31-21-19-27(39-31)23-29-33(37)36-30(34(38)35-29)24-28-20-22-32(40-28)26(8-4)18-16-14-12-10-6-2/h19-26H,5-18H2,1-4H3,(H,35,38)(H,36,37)/b29-23-,30-24-. The van der Waals surface area contributed by atoms with Crippen molar-refractivity contribution in [3.05, 3.63) is 75.2 Å². The molecule has 0 spiro atoms. The van der Waals surface area contributed by atoms with E-state index in [1.165, 1.54) is 86.8 Å². The Labute approximate surface area is 248 Å². The lowest BCUT2D eigenvalue weighted by atomic mass is 9.96. The summed E-state index contributed by atoms with van der Waals surface area (Å²) in [6.45, 7) is 9.01. The van der Waals surface area contributed by atoms with Crippen LogP contribution in [0, 0.1) is 0 Å². The van der Waals surface area contributed by atoms with Gasteiger partial charge in [0.15, 0.2) is 0 Å². The topological polar surface area (TPSA) is 65.7 Å². The minimum Gasteiger partial charge on any atom is -0.316 e. The van der Waals surface area contributed by atoms with E-state index in [0.29, 0.717) is 22.5 Å². The van der Waals surface area contributed by atoms with E-state index in [0.717, 1.165) is 22.6 Å². The quantitative estimate of drug-likeness (QED) is 0.148. The van der Waals surface area contributed by atoms with Crippen LogP contribution in [0.15, 0.2) is 33.9 Å². The van der Waals surface area contributed by atoms with Crippen LogP contribution in [0.5, 0.6) is 0 Å². The van der Waals surface area contributed by atoms with Crippen molar-refractivity contribution in [2.75, 3.05) is 0 Å². The normalized spacial score (nSPS) is 14.2. The Morgan fingerprint density at radius 3 is 1.38 bits per heavy atom. The third kappa shape index (κ3) is 10.0. The van der Waals surface area contributed by atoms with E-state index in [9.17, 15) is 9.59 Å². The molecule has 3 aromatic heterocycles. The number of unbranched alkanes of at least 4 members (excludes halogenated alkanes) is 8. The molecule has 2 unspecified atom stereocenters. The van der Waals surface area contributed by atoms with Crippen LogP contribution >= 0.6 is 22.7 Å². The first-order valence-electron chi connectivity index (χ1n) is 15.7. The first kappa shape index (κ1) is 32.3. The molecule has 0 aliphatic rings. The van der Waals surface area contributed by atoms with Crippen molar-refractivity contribution in [1.82, 2.24) is 9.97 Å². The van der Waals surface area contributed by atoms with E-state index in [4.69, 9.17) is 0 Å². The van der Waals surface area contributed by atoms with Crippen LogP contribution in [-0.2, 0) is 0 Å². The number of H-pyrrole nitrogens is 2. The van der Waals surface area contributed by atoms with E-state index in [-0.39, 0.29) is 11.1 Å². The van der Waals surface area contributed by atoms with Crippen LogP contribution in [0.4, 0.5) is 0 Å². The molecule has 0 bridgehead atoms. The van der Waals surface area contributed by atoms with Crippen molar-refractivity contribution in [3.63, 3.8) is 0 Å². The number of hydrogen-bond acceptors (Lipinski definition) is 4. The molecule has 0 aromatic carbocycles. The average molecular weight is 583 g/mol. The van der Waals surface area contributed by atoms with Gasteiger partial charge >= 0.3 is 0 Å². The number of thiophene rings is 2. The van der Waals surface area contributed by atoms with Crippen molar-refractivity contribution in [1.29, 1.82) is 0 Å². The van der Waals surface area contributed by atoms with Crippen LogP contribution in [-0.4, -0.2) is 9.97 Å². The Morgan fingerprint density at radius 1 is 0.600 bits per heavy atom. The van der Waals surface area contributed by atoms with Gasteiger partial charge in [0.2, 0.25) is 0 Å². The zero-order valence-electron chi connectivity index (χ0n) is 25.2. The zero-order valence-corrected chi connectivity index (χ0v) is 26.8. The van der Waals surface area contributed by atoms with Gasteiger partial charge in [-0.3, -0.25) is 9.59 Å². The summed E-state index contributed by atoms with van der Waals surface area (Å²) in [7, 11) is 0. The summed E-state index contributed by atoms with van der Waals surface area (Å²) in [4.78, 5) is 36.2. The summed E-state index contributed by atoms with van der Waals surface area (Å²) in [6, 6.07) is 8.51. The van der Waals surface area contributed by atoms with Crippen molar-refractivity contribution in [3.8, 4) is 0 Å². The smallest absolute Gasteiger partial charge is 0.272 e. The second-order valence-electron chi connectivity index (χ2n) is 11.1. The van der Waals surface area contributed by atoms with Crippen LogP contribution in [0.25, 0.3) is 12.2 Å². The van der Waals surface area contributed by atoms with Crippen molar-refractivity contribution >= 4 is 34.8 Å². The van der Waals surface area contributed by atoms with E-state index in [1.54, 1.807) is 22.7 Å². The highest BCUT2D eigenvalue weighted by molar-refractivity contribution is 7.13.